The molecule has 1 heterocycles. The van der Waals surface area contributed by atoms with Crippen molar-refractivity contribution in [3.8, 4) is 0 Å². The maximum absolute atomic E-state index is 2.32. The maximum Gasteiger partial charge on any atom is 0.0401 e. The highest BCUT2D eigenvalue weighted by atomic mass is 15.1. The maximum atomic E-state index is 2.32. The van der Waals surface area contributed by atoms with Crippen LogP contribution in [0.15, 0.2) is 47.2 Å². The molecule has 2 rings (SSSR count). The topological polar surface area (TPSA) is 3.24 Å². The molecule has 1 aliphatic carbocycles. The molecule has 0 unspecified atom stereocenters. The Balaban J connectivity index is 2.33. The lowest BCUT2D eigenvalue weighted by atomic mass is 9.94. The van der Waals surface area contributed by atoms with Gasteiger partial charge in [0.1, 0.15) is 0 Å². The molecular formula is C13H17N. The lowest BCUT2D eigenvalue weighted by Crippen LogP contribution is -2.22. The third-order valence-corrected chi connectivity index (χ3v) is 2.89. The van der Waals surface area contributed by atoms with Gasteiger partial charge in [-0.1, -0.05) is 24.3 Å². The lowest BCUT2D eigenvalue weighted by molar-refractivity contribution is 0.462. The second-order valence-electron chi connectivity index (χ2n) is 3.96. The van der Waals surface area contributed by atoms with E-state index in [4.69, 9.17) is 0 Å². The summed E-state index contributed by atoms with van der Waals surface area (Å²) in [5.41, 5.74) is 4.33. The first-order valence-corrected chi connectivity index (χ1v) is 5.23. The minimum absolute atomic E-state index is 1.03. The molecule has 0 bridgehead atoms. The van der Waals surface area contributed by atoms with Crippen molar-refractivity contribution < 1.29 is 0 Å². The second-order valence-corrected chi connectivity index (χ2v) is 3.96. The Morgan fingerprint density at radius 2 is 2.14 bits per heavy atom. The van der Waals surface area contributed by atoms with Gasteiger partial charge in [0.25, 0.3) is 0 Å². The van der Waals surface area contributed by atoms with Crippen molar-refractivity contribution in [3.05, 3.63) is 47.2 Å². The van der Waals surface area contributed by atoms with Gasteiger partial charge in [0, 0.05) is 19.3 Å². The molecule has 1 heteroatoms. The zero-order valence-electron chi connectivity index (χ0n) is 8.96. The number of likely N-dealkylation sites (N-methyl/N-ethyl adjacent to an activating group) is 1. The van der Waals surface area contributed by atoms with E-state index in [1.54, 1.807) is 0 Å². The van der Waals surface area contributed by atoms with Gasteiger partial charge in [0.15, 0.2) is 0 Å². The van der Waals surface area contributed by atoms with E-state index in [1.807, 2.05) is 0 Å². The molecule has 1 nitrogen and oxygen atoms in total. The molecular weight excluding hydrogens is 170 g/mol. The van der Waals surface area contributed by atoms with E-state index in [9.17, 15) is 0 Å². The van der Waals surface area contributed by atoms with Crippen molar-refractivity contribution in [1.29, 1.82) is 0 Å². The highest BCUT2D eigenvalue weighted by Gasteiger charge is 2.14. The minimum Gasteiger partial charge on any atom is -0.371 e. The van der Waals surface area contributed by atoms with Gasteiger partial charge in [-0.2, -0.15) is 0 Å². The summed E-state index contributed by atoms with van der Waals surface area (Å²) in [6, 6.07) is 0. The molecule has 74 valence electrons. The summed E-state index contributed by atoms with van der Waals surface area (Å²) in [5, 5.41) is 0. The van der Waals surface area contributed by atoms with Crippen LogP contribution in [0.25, 0.3) is 0 Å². The SMILES string of the molecule is CC1=C(C2=CC=CCN2C)CCC=C1. The Bertz CT molecular complexity index is 342. The van der Waals surface area contributed by atoms with Crippen LogP contribution >= 0.6 is 0 Å². The van der Waals surface area contributed by atoms with Crippen LogP contribution in [0.4, 0.5) is 0 Å². The monoisotopic (exact) mass is 187 g/mol. The fourth-order valence-corrected chi connectivity index (χ4v) is 2.05. The van der Waals surface area contributed by atoms with Gasteiger partial charge in [0.05, 0.1) is 0 Å². The van der Waals surface area contributed by atoms with Crippen LogP contribution in [-0.2, 0) is 0 Å². The van der Waals surface area contributed by atoms with E-state index in [0.717, 1.165) is 6.54 Å². The molecule has 0 saturated heterocycles. The molecule has 0 aromatic carbocycles. The first-order valence-electron chi connectivity index (χ1n) is 5.23. The van der Waals surface area contributed by atoms with E-state index < -0.39 is 0 Å². The Morgan fingerprint density at radius 1 is 1.29 bits per heavy atom. The van der Waals surface area contributed by atoms with Crippen LogP contribution in [0.1, 0.15) is 19.8 Å². The predicted molar refractivity (Wildman–Crippen MR) is 60.9 cm³/mol. The van der Waals surface area contributed by atoms with E-state index in [0.29, 0.717) is 0 Å². The van der Waals surface area contributed by atoms with Crippen LogP contribution in [0.3, 0.4) is 0 Å². The average molecular weight is 187 g/mol. The number of rotatable bonds is 1. The van der Waals surface area contributed by atoms with E-state index in [1.165, 1.54) is 29.7 Å². The van der Waals surface area contributed by atoms with E-state index in [-0.39, 0.29) is 0 Å². The molecule has 0 amide bonds. The van der Waals surface area contributed by atoms with Crippen LogP contribution < -0.4 is 0 Å². The van der Waals surface area contributed by atoms with Gasteiger partial charge in [-0.05, 0) is 37.0 Å². The van der Waals surface area contributed by atoms with Crippen molar-refractivity contribution in [2.24, 2.45) is 0 Å². The first-order chi connectivity index (χ1) is 6.79. The molecule has 0 spiro atoms. The van der Waals surface area contributed by atoms with Crippen molar-refractivity contribution >= 4 is 0 Å². The van der Waals surface area contributed by atoms with Gasteiger partial charge in [-0.25, -0.2) is 0 Å². The molecule has 0 saturated carbocycles. The molecule has 0 fully saturated rings. The second kappa shape index (κ2) is 3.87. The largest absolute Gasteiger partial charge is 0.371 e. The first kappa shape index (κ1) is 9.32. The summed E-state index contributed by atoms with van der Waals surface area (Å²) >= 11 is 0. The summed E-state index contributed by atoms with van der Waals surface area (Å²) in [7, 11) is 2.16. The molecule has 0 aromatic rings. The number of allylic oxidation sites excluding steroid dienone is 6. The summed E-state index contributed by atoms with van der Waals surface area (Å²) < 4.78 is 0. The highest BCUT2D eigenvalue weighted by Crippen LogP contribution is 2.28. The lowest BCUT2D eigenvalue weighted by Gasteiger charge is -2.27. The van der Waals surface area contributed by atoms with Crippen LogP contribution in [0.2, 0.25) is 0 Å². The fourth-order valence-electron chi connectivity index (χ4n) is 2.05. The quantitative estimate of drug-likeness (QED) is 0.610. The molecule has 0 N–H and O–H groups in total. The van der Waals surface area contributed by atoms with Crippen molar-refractivity contribution in [1.82, 2.24) is 4.90 Å². The van der Waals surface area contributed by atoms with E-state index >= 15 is 0 Å². The molecule has 0 atom stereocenters. The van der Waals surface area contributed by atoms with Crippen molar-refractivity contribution in [2.45, 2.75) is 19.8 Å². The van der Waals surface area contributed by atoms with Gasteiger partial charge >= 0.3 is 0 Å². The fraction of sp³-hybridized carbons (Fsp3) is 0.385. The summed E-state index contributed by atoms with van der Waals surface area (Å²) in [6.45, 7) is 3.24. The summed E-state index contributed by atoms with van der Waals surface area (Å²) in [6.07, 6.45) is 13.4. The average Bonchev–Trinajstić information content (AvgIpc) is 2.20. The zero-order valence-corrected chi connectivity index (χ0v) is 8.96. The summed E-state index contributed by atoms with van der Waals surface area (Å²) in [4.78, 5) is 2.32. The van der Waals surface area contributed by atoms with Gasteiger partial charge in [-0.3, -0.25) is 0 Å². The van der Waals surface area contributed by atoms with Crippen LogP contribution in [0.5, 0.6) is 0 Å². The Hall–Kier alpha value is -1.24. The molecule has 0 aromatic heterocycles. The van der Waals surface area contributed by atoms with E-state index in [2.05, 4.69) is 49.3 Å². The smallest absolute Gasteiger partial charge is 0.0401 e. The standard InChI is InChI=1S/C13H17N/c1-11-7-3-4-8-12(11)13-9-5-6-10-14(13)2/h3,5-7,9H,4,8,10H2,1-2H3. The predicted octanol–water partition coefficient (Wildman–Crippen LogP) is 3.04. The van der Waals surface area contributed by atoms with Crippen molar-refractivity contribution in [3.63, 3.8) is 0 Å². The third kappa shape index (κ3) is 1.67. The van der Waals surface area contributed by atoms with Crippen molar-refractivity contribution in [2.75, 3.05) is 13.6 Å². The normalized spacial score (nSPS) is 21.6. The molecule has 0 radical (unpaired) electrons. The number of hydrogen-bond donors (Lipinski definition) is 0. The Morgan fingerprint density at radius 3 is 2.86 bits per heavy atom. The third-order valence-electron chi connectivity index (χ3n) is 2.89. The molecule has 1 aliphatic heterocycles. The van der Waals surface area contributed by atoms with Crippen LogP contribution in [-0.4, -0.2) is 18.5 Å². The zero-order chi connectivity index (χ0) is 9.97. The van der Waals surface area contributed by atoms with Gasteiger partial charge in [-0.15, -0.1) is 0 Å². The van der Waals surface area contributed by atoms with Crippen LogP contribution in [0, 0.1) is 0 Å². The Kier molecular flexibility index (Phi) is 2.58. The highest BCUT2D eigenvalue weighted by molar-refractivity contribution is 5.43. The van der Waals surface area contributed by atoms with Gasteiger partial charge < -0.3 is 4.90 Å². The summed E-state index contributed by atoms with van der Waals surface area (Å²) in [5.74, 6) is 0. The van der Waals surface area contributed by atoms with Gasteiger partial charge in [0.2, 0.25) is 0 Å². The molecule has 2 aliphatic rings. The molecule has 14 heavy (non-hydrogen) atoms. The minimum atomic E-state index is 1.03. The Labute approximate surface area is 86.1 Å². The number of nitrogens with zero attached hydrogens (tertiary/aromatic N) is 1. The number of hydrogen-bond acceptors (Lipinski definition) is 1.